The summed E-state index contributed by atoms with van der Waals surface area (Å²) < 4.78 is 10.3. The van der Waals surface area contributed by atoms with Crippen molar-refractivity contribution in [1.29, 1.82) is 0 Å². The Morgan fingerprint density at radius 3 is 2.50 bits per heavy atom. The lowest BCUT2D eigenvalue weighted by molar-refractivity contribution is 0.284. The van der Waals surface area contributed by atoms with Gasteiger partial charge in [0.2, 0.25) is 0 Å². The monoisotopic (exact) mass is 244 g/mol. The number of rotatable bonds is 6. The molecule has 90 valence electrons. The van der Waals surface area contributed by atoms with E-state index in [0.717, 1.165) is 12.0 Å². The van der Waals surface area contributed by atoms with E-state index < -0.39 is 0 Å². The summed E-state index contributed by atoms with van der Waals surface area (Å²) >= 11 is 6.20. The molecule has 1 atom stereocenters. The third kappa shape index (κ3) is 3.29. The lowest BCUT2D eigenvalue weighted by atomic mass is 10.1. The highest BCUT2D eigenvalue weighted by Gasteiger charge is 2.11. The number of aliphatic hydroxyl groups is 1. The van der Waals surface area contributed by atoms with E-state index in [4.69, 9.17) is 26.2 Å². The van der Waals surface area contributed by atoms with Crippen molar-refractivity contribution in [2.75, 3.05) is 20.8 Å². The number of methoxy groups -OCH3 is 2. The minimum absolute atomic E-state index is 0.105. The van der Waals surface area contributed by atoms with Crippen molar-refractivity contribution in [3.05, 3.63) is 23.8 Å². The first-order chi connectivity index (χ1) is 7.72. The maximum atomic E-state index is 8.74. The van der Waals surface area contributed by atoms with Crippen LogP contribution in [0.5, 0.6) is 11.5 Å². The molecule has 0 bridgehead atoms. The molecule has 4 heteroatoms. The molecule has 3 nitrogen and oxygen atoms in total. The minimum atomic E-state index is -0.105. The van der Waals surface area contributed by atoms with Crippen LogP contribution in [-0.4, -0.2) is 25.9 Å². The van der Waals surface area contributed by atoms with Gasteiger partial charge in [0, 0.05) is 6.61 Å². The Bertz CT molecular complexity index is 328. The molecule has 0 aliphatic heterocycles. The van der Waals surface area contributed by atoms with Crippen molar-refractivity contribution in [2.45, 2.75) is 18.2 Å². The highest BCUT2D eigenvalue weighted by atomic mass is 35.5. The Kier molecular flexibility index (Phi) is 5.43. The van der Waals surface area contributed by atoms with Gasteiger partial charge in [-0.2, -0.15) is 0 Å². The Labute approximate surface area is 101 Å². The molecule has 0 heterocycles. The summed E-state index contributed by atoms with van der Waals surface area (Å²) in [6.45, 7) is 0.163. The molecule has 0 saturated carbocycles. The number of benzene rings is 1. The van der Waals surface area contributed by atoms with E-state index >= 15 is 0 Å². The molecule has 0 radical (unpaired) electrons. The summed E-state index contributed by atoms with van der Waals surface area (Å²) in [5.74, 6) is 1.37. The van der Waals surface area contributed by atoms with Gasteiger partial charge in [0.25, 0.3) is 0 Å². The van der Waals surface area contributed by atoms with Gasteiger partial charge in [-0.15, -0.1) is 11.6 Å². The quantitative estimate of drug-likeness (QED) is 0.782. The van der Waals surface area contributed by atoms with E-state index in [1.807, 2.05) is 18.2 Å². The molecule has 1 aromatic rings. The summed E-state index contributed by atoms with van der Waals surface area (Å²) in [6.07, 6.45) is 1.44. The lowest BCUT2D eigenvalue weighted by Gasteiger charge is -2.13. The third-order valence-corrected chi connectivity index (χ3v) is 2.86. The van der Waals surface area contributed by atoms with Crippen LogP contribution in [0.25, 0.3) is 0 Å². The summed E-state index contributed by atoms with van der Waals surface area (Å²) in [7, 11) is 3.19. The maximum absolute atomic E-state index is 8.74. The molecule has 16 heavy (non-hydrogen) atoms. The minimum Gasteiger partial charge on any atom is -0.493 e. The predicted molar refractivity (Wildman–Crippen MR) is 64.5 cm³/mol. The Balaban J connectivity index is 2.81. The van der Waals surface area contributed by atoms with Crippen LogP contribution in [0.4, 0.5) is 0 Å². The molecule has 0 aliphatic rings. The third-order valence-electron chi connectivity index (χ3n) is 2.38. The molecular weight excluding hydrogens is 228 g/mol. The Morgan fingerprint density at radius 1 is 1.25 bits per heavy atom. The highest BCUT2D eigenvalue weighted by molar-refractivity contribution is 6.20. The largest absolute Gasteiger partial charge is 0.493 e. The molecule has 0 aliphatic carbocycles. The van der Waals surface area contributed by atoms with Crippen molar-refractivity contribution in [3.8, 4) is 11.5 Å². The van der Waals surface area contributed by atoms with E-state index in [9.17, 15) is 0 Å². The van der Waals surface area contributed by atoms with Crippen molar-refractivity contribution in [1.82, 2.24) is 0 Å². The SMILES string of the molecule is COc1ccc(C(Cl)CCCO)cc1OC. The zero-order valence-electron chi connectivity index (χ0n) is 9.57. The van der Waals surface area contributed by atoms with Gasteiger partial charge in [-0.05, 0) is 30.5 Å². The number of aliphatic hydroxyl groups excluding tert-OH is 1. The standard InChI is InChI=1S/C12H17ClO3/c1-15-11-6-5-9(8-12(11)16-2)10(13)4-3-7-14/h5-6,8,10,14H,3-4,7H2,1-2H3. The summed E-state index contributed by atoms with van der Waals surface area (Å²) in [5, 5.41) is 8.64. The zero-order chi connectivity index (χ0) is 12.0. The second-order valence-corrected chi connectivity index (χ2v) is 3.97. The van der Waals surface area contributed by atoms with Gasteiger partial charge < -0.3 is 14.6 Å². The Morgan fingerprint density at radius 2 is 1.94 bits per heavy atom. The van der Waals surface area contributed by atoms with Crippen LogP contribution in [0.15, 0.2) is 18.2 Å². The van der Waals surface area contributed by atoms with E-state index in [0.29, 0.717) is 17.9 Å². The normalized spacial score (nSPS) is 12.2. The first-order valence-corrected chi connectivity index (χ1v) is 5.63. The van der Waals surface area contributed by atoms with Crippen molar-refractivity contribution < 1.29 is 14.6 Å². The fourth-order valence-electron chi connectivity index (χ4n) is 1.48. The van der Waals surface area contributed by atoms with E-state index in [1.165, 1.54) is 0 Å². The molecule has 0 aromatic heterocycles. The topological polar surface area (TPSA) is 38.7 Å². The number of ether oxygens (including phenoxy) is 2. The number of alkyl halides is 1. The summed E-state index contributed by atoms with van der Waals surface area (Å²) in [5.41, 5.74) is 0.979. The smallest absolute Gasteiger partial charge is 0.161 e. The first kappa shape index (κ1) is 13.1. The summed E-state index contributed by atoms with van der Waals surface area (Å²) in [4.78, 5) is 0. The zero-order valence-corrected chi connectivity index (χ0v) is 10.3. The van der Waals surface area contributed by atoms with Crippen LogP contribution in [0, 0.1) is 0 Å². The van der Waals surface area contributed by atoms with Crippen LogP contribution in [-0.2, 0) is 0 Å². The fourth-order valence-corrected chi connectivity index (χ4v) is 1.77. The molecule has 0 fully saturated rings. The highest BCUT2D eigenvalue weighted by Crippen LogP contribution is 2.33. The van der Waals surface area contributed by atoms with Crippen LogP contribution in [0.3, 0.4) is 0 Å². The average Bonchev–Trinajstić information content (AvgIpc) is 2.34. The molecule has 0 spiro atoms. The second-order valence-electron chi connectivity index (χ2n) is 3.45. The van der Waals surface area contributed by atoms with Crippen LogP contribution in [0.2, 0.25) is 0 Å². The Hall–Kier alpha value is -0.930. The van der Waals surface area contributed by atoms with Crippen LogP contribution >= 0.6 is 11.6 Å². The van der Waals surface area contributed by atoms with Gasteiger partial charge >= 0.3 is 0 Å². The van der Waals surface area contributed by atoms with Crippen molar-refractivity contribution >= 4 is 11.6 Å². The second kappa shape index (κ2) is 6.61. The fraction of sp³-hybridized carbons (Fsp3) is 0.500. The number of halogens is 1. The molecular formula is C12H17ClO3. The van der Waals surface area contributed by atoms with E-state index in [2.05, 4.69) is 0 Å². The number of hydrogen-bond donors (Lipinski definition) is 1. The van der Waals surface area contributed by atoms with E-state index in [1.54, 1.807) is 14.2 Å². The van der Waals surface area contributed by atoms with E-state index in [-0.39, 0.29) is 12.0 Å². The van der Waals surface area contributed by atoms with Crippen LogP contribution in [0.1, 0.15) is 23.8 Å². The molecule has 1 aromatic carbocycles. The van der Waals surface area contributed by atoms with Gasteiger partial charge in [0.1, 0.15) is 0 Å². The van der Waals surface area contributed by atoms with Gasteiger partial charge in [-0.1, -0.05) is 6.07 Å². The molecule has 1 rings (SSSR count). The van der Waals surface area contributed by atoms with Gasteiger partial charge in [-0.3, -0.25) is 0 Å². The molecule has 0 saturated heterocycles. The molecule has 0 amide bonds. The predicted octanol–water partition coefficient (Wildman–Crippen LogP) is 2.76. The van der Waals surface area contributed by atoms with Crippen molar-refractivity contribution in [3.63, 3.8) is 0 Å². The molecule has 1 N–H and O–H groups in total. The molecule has 1 unspecified atom stereocenters. The van der Waals surface area contributed by atoms with Gasteiger partial charge in [0.05, 0.1) is 19.6 Å². The lowest BCUT2D eigenvalue weighted by Crippen LogP contribution is -1.96. The maximum Gasteiger partial charge on any atom is 0.161 e. The van der Waals surface area contributed by atoms with Crippen molar-refractivity contribution in [2.24, 2.45) is 0 Å². The first-order valence-electron chi connectivity index (χ1n) is 5.19. The van der Waals surface area contributed by atoms with Gasteiger partial charge in [-0.25, -0.2) is 0 Å². The summed E-state index contributed by atoms with van der Waals surface area (Å²) in [6, 6.07) is 5.62. The van der Waals surface area contributed by atoms with Gasteiger partial charge in [0.15, 0.2) is 11.5 Å². The average molecular weight is 245 g/mol. The number of hydrogen-bond acceptors (Lipinski definition) is 3. The van der Waals surface area contributed by atoms with Crippen LogP contribution < -0.4 is 9.47 Å².